The lowest BCUT2D eigenvalue weighted by Crippen LogP contribution is -2.47. The van der Waals surface area contributed by atoms with Crippen molar-refractivity contribution in [3.63, 3.8) is 0 Å². The maximum atomic E-state index is 11.7. The van der Waals surface area contributed by atoms with Crippen molar-refractivity contribution in [2.75, 3.05) is 0 Å². The van der Waals surface area contributed by atoms with Gasteiger partial charge in [-0.15, -0.1) is 0 Å². The summed E-state index contributed by atoms with van der Waals surface area (Å²) in [6, 6.07) is 0. The van der Waals surface area contributed by atoms with Crippen LogP contribution in [0.3, 0.4) is 0 Å². The van der Waals surface area contributed by atoms with E-state index in [1.807, 2.05) is 0 Å². The van der Waals surface area contributed by atoms with Crippen LogP contribution in [-0.4, -0.2) is 30.0 Å². The second-order valence-corrected chi connectivity index (χ2v) is 4.18. The van der Waals surface area contributed by atoms with E-state index in [0.29, 0.717) is 0 Å². The molecular formula is C17H20O8. The van der Waals surface area contributed by atoms with Gasteiger partial charge in [-0.25, -0.2) is 19.2 Å². The Morgan fingerprint density at radius 1 is 0.520 bits per heavy atom. The second-order valence-electron chi connectivity index (χ2n) is 4.18. The molecule has 0 aliphatic heterocycles. The fourth-order valence-corrected chi connectivity index (χ4v) is 1.30. The molecular weight excluding hydrogens is 332 g/mol. The lowest BCUT2D eigenvalue weighted by molar-refractivity contribution is -0.427. The highest BCUT2D eigenvalue weighted by Gasteiger charge is 2.48. The predicted octanol–water partition coefficient (Wildman–Crippen LogP) is 2.07. The smallest absolute Gasteiger partial charge is 0.349 e. The SMILES string of the molecule is C/C=C/C(=O)OC(OC(=O)/C=C/C)(OC(=O)/C=C/C)OC(=O)/C=C/C. The van der Waals surface area contributed by atoms with Gasteiger partial charge < -0.3 is 18.9 Å². The molecule has 136 valence electrons. The van der Waals surface area contributed by atoms with Crippen molar-refractivity contribution < 1.29 is 38.1 Å². The number of allylic oxidation sites excluding steroid dienone is 4. The summed E-state index contributed by atoms with van der Waals surface area (Å²) in [6.45, 7) is 6.08. The molecule has 0 spiro atoms. The van der Waals surface area contributed by atoms with Gasteiger partial charge in [0.05, 0.1) is 0 Å². The third-order valence-electron chi connectivity index (χ3n) is 2.11. The van der Waals surface area contributed by atoms with Gasteiger partial charge in [0, 0.05) is 24.3 Å². The normalized spacial score (nSPS) is 12.0. The minimum atomic E-state index is -3.01. The number of hydrogen-bond acceptors (Lipinski definition) is 8. The zero-order chi connectivity index (χ0) is 19.3. The van der Waals surface area contributed by atoms with E-state index in [1.165, 1.54) is 52.0 Å². The third kappa shape index (κ3) is 8.89. The fourth-order valence-electron chi connectivity index (χ4n) is 1.30. The van der Waals surface area contributed by atoms with Crippen LogP contribution in [0.1, 0.15) is 27.7 Å². The molecule has 0 rings (SSSR count). The van der Waals surface area contributed by atoms with Gasteiger partial charge in [-0.3, -0.25) is 0 Å². The van der Waals surface area contributed by atoms with E-state index in [4.69, 9.17) is 18.9 Å². The maximum Gasteiger partial charge on any atom is 0.620 e. The highest BCUT2D eigenvalue weighted by Crippen LogP contribution is 2.21. The van der Waals surface area contributed by atoms with E-state index in [-0.39, 0.29) is 0 Å². The summed E-state index contributed by atoms with van der Waals surface area (Å²) in [6.07, 6.45) is 6.07. The van der Waals surface area contributed by atoms with Gasteiger partial charge >= 0.3 is 30.0 Å². The van der Waals surface area contributed by atoms with Gasteiger partial charge in [0.1, 0.15) is 0 Å². The van der Waals surface area contributed by atoms with Crippen LogP contribution in [-0.2, 0) is 38.1 Å². The lowest BCUT2D eigenvalue weighted by atomic mass is 10.5. The summed E-state index contributed by atoms with van der Waals surface area (Å²) in [7, 11) is 0. The third-order valence-corrected chi connectivity index (χ3v) is 2.11. The van der Waals surface area contributed by atoms with Crippen LogP contribution in [0.15, 0.2) is 48.6 Å². The highest BCUT2D eigenvalue weighted by atomic mass is 17.0. The molecule has 0 heterocycles. The minimum Gasteiger partial charge on any atom is -0.349 e. The number of ether oxygens (including phenoxy) is 4. The summed E-state index contributed by atoms with van der Waals surface area (Å²) < 4.78 is 19.1. The molecule has 0 aliphatic carbocycles. The number of carbonyl (C=O) groups excluding carboxylic acids is 4. The van der Waals surface area contributed by atoms with Gasteiger partial charge in [0.2, 0.25) is 0 Å². The molecule has 0 radical (unpaired) electrons. The molecule has 8 nitrogen and oxygen atoms in total. The summed E-state index contributed by atoms with van der Waals surface area (Å²) in [4.78, 5) is 47.0. The monoisotopic (exact) mass is 352 g/mol. The molecule has 0 aromatic heterocycles. The van der Waals surface area contributed by atoms with Gasteiger partial charge in [-0.1, -0.05) is 24.3 Å². The average molecular weight is 352 g/mol. The van der Waals surface area contributed by atoms with Crippen LogP contribution in [0.4, 0.5) is 0 Å². The predicted molar refractivity (Wildman–Crippen MR) is 86.4 cm³/mol. The molecule has 0 fully saturated rings. The molecule has 0 N–H and O–H groups in total. The molecule has 0 saturated heterocycles. The molecule has 0 aromatic carbocycles. The first-order valence-electron chi connectivity index (χ1n) is 7.25. The minimum absolute atomic E-state index is 0.950. The molecule has 0 aliphatic rings. The Hall–Kier alpha value is -3.16. The first-order valence-corrected chi connectivity index (χ1v) is 7.25. The van der Waals surface area contributed by atoms with Crippen LogP contribution < -0.4 is 0 Å². The number of hydrogen-bond donors (Lipinski definition) is 0. The molecule has 8 heteroatoms. The summed E-state index contributed by atoms with van der Waals surface area (Å²) in [5, 5.41) is 0. The Bertz CT molecular complexity index is 501. The molecule has 0 aromatic rings. The molecule has 0 amide bonds. The van der Waals surface area contributed by atoms with E-state index in [9.17, 15) is 19.2 Å². The van der Waals surface area contributed by atoms with Crippen molar-refractivity contribution in [1.29, 1.82) is 0 Å². The van der Waals surface area contributed by atoms with Crippen molar-refractivity contribution in [3.05, 3.63) is 48.6 Å². The first-order chi connectivity index (χ1) is 11.8. The van der Waals surface area contributed by atoms with Crippen LogP contribution in [0.5, 0.6) is 0 Å². The average Bonchev–Trinajstić information content (AvgIpc) is 2.47. The quantitative estimate of drug-likeness (QED) is 0.371. The Balaban J connectivity index is 5.87. The standard InChI is InChI=1S/C17H20O8/c1-5-9-13(18)22-17(23-14(19)10-6-2,24-15(20)11-7-3)25-16(21)12-8-4/h5-12H,1-4H3/b9-5+,10-6+,11-7+,12-8+. The Morgan fingerprint density at radius 3 is 0.880 bits per heavy atom. The number of carbonyl (C=O) groups is 4. The van der Waals surface area contributed by atoms with E-state index in [2.05, 4.69) is 0 Å². The van der Waals surface area contributed by atoms with Gasteiger partial charge in [0.15, 0.2) is 0 Å². The first kappa shape index (κ1) is 21.8. The Kier molecular flexibility index (Phi) is 9.95. The summed E-state index contributed by atoms with van der Waals surface area (Å²) in [5.74, 6) is -4.29. The van der Waals surface area contributed by atoms with Gasteiger partial charge in [-0.2, -0.15) is 0 Å². The van der Waals surface area contributed by atoms with Crippen molar-refractivity contribution >= 4 is 23.9 Å². The summed E-state index contributed by atoms with van der Waals surface area (Å²) >= 11 is 0. The van der Waals surface area contributed by atoms with Crippen molar-refractivity contribution in [2.45, 2.75) is 33.9 Å². The molecule has 0 atom stereocenters. The van der Waals surface area contributed by atoms with Crippen molar-refractivity contribution in [1.82, 2.24) is 0 Å². The summed E-state index contributed by atoms with van der Waals surface area (Å²) in [5.41, 5.74) is 0. The van der Waals surface area contributed by atoms with E-state index >= 15 is 0 Å². The van der Waals surface area contributed by atoms with Crippen molar-refractivity contribution in [3.8, 4) is 0 Å². The second kappa shape index (κ2) is 11.4. The number of rotatable bonds is 8. The maximum absolute atomic E-state index is 11.7. The topological polar surface area (TPSA) is 105 Å². The van der Waals surface area contributed by atoms with E-state index in [0.717, 1.165) is 24.3 Å². The van der Waals surface area contributed by atoms with Gasteiger partial charge in [0.25, 0.3) is 0 Å². The molecule has 25 heavy (non-hydrogen) atoms. The zero-order valence-electron chi connectivity index (χ0n) is 14.4. The fraction of sp³-hybridized carbons (Fsp3) is 0.294. The Labute approximate surface area is 145 Å². The largest absolute Gasteiger partial charge is 0.620 e. The van der Waals surface area contributed by atoms with Gasteiger partial charge in [-0.05, 0) is 27.7 Å². The van der Waals surface area contributed by atoms with Crippen LogP contribution in [0.2, 0.25) is 0 Å². The highest BCUT2D eigenvalue weighted by molar-refractivity contribution is 5.87. The zero-order valence-corrected chi connectivity index (χ0v) is 14.4. The Morgan fingerprint density at radius 2 is 0.720 bits per heavy atom. The van der Waals surface area contributed by atoms with Crippen LogP contribution >= 0.6 is 0 Å². The number of esters is 4. The van der Waals surface area contributed by atoms with E-state index in [1.54, 1.807) is 0 Å². The molecule has 0 saturated carbocycles. The van der Waals surface area contributed by atoms with Crippen LogP contribution in [0.25, 0.3) is 0 Å². The van der Waals surface area contributed by atoms with Crippen LogP contribution in [0, 0.1) is 0 Å². The lowest BCUT2D eigenvalue weighted by Gasteiger charge is -2.27. The molecule has 0 bridgehead atoms. The van der Waals surface area contributed by atoms with E-state index < -0.39 is 30.0 Å². The van der Waals surface area contributed by atoms with Crippen molar-refractivity contribution in [2.24, 2.45) is 0 Å². The molecule has 0 unspecified atom stereocenters.